The Morgan fingerprint density at radius 1 is 0.593 bits per heavy atom. The molecule has 0 atom stereocenters. The molecule has 2 aliphatic rings. The highest BCUT2D eigenvalue weighted by Crippen LogP contribution is 2.20. The average Bonchev–Trinajstić information content (AvgIpc) is 2.71. The van der Waals surface area contributed by atoms with Crippen LogP contribution in [0.2, 0.25) is 0 Å². The van der Waals surface area contributed by atoms with E-state index in [1.54, 1.807) is 0 Å². The van der Waals surface area contributed by atoms with Crippen LogP contribution < -0.4 is 0 Å². The molecule has 0 amide bonds. The molecule has 0 radical (unpaired) electrons. The van der Waals surface area contributed by atoms with E-state index in [0.717, 1.165) is 19.1 Å². The molecule has 0 aliphatic carbocycles. The molecule has 0 aromatic heterocycles. The van der Waals surface area contributed by atoms with Crippen molar-refractivity contribution in [1.82, 2.24) is 14.7 Å². The van der Waals surface area contributed by atoms with Gasteiger partial charge >= 0.3 is 0 Å². The number of piperazine rings is 1. The Balaban J connectivity index is 0.00000210. The first-order valence-electron chi connectivity index (χ1n) is 10.1. The van der Waals surface area contributed by atoms with Crippen molar-refractivity contribution in [2.45, 2.75) is 32.0 Å². The number of rotatable bonds is 5. The van der Waals surface area contributed by atoms with Gasteiger partial charge in [-0.05, 0) is 37.1 Å². The highest BCUT2D eigenvalue weighted by molar-refractivity contribution is 5.85. The van der Waals surface area contributed by atoms with E-state index in [-0.39, 0.29) is 12.4 Å². The maximum Gasteiger partial charge on any atom is 0.0234 e. The Morgan fingerprint density at radius 2 is 1.04 bits per heavy atom. The number of nitrogens with zero attached hydrogens (tertiary/aromatic N) is 3. The Morgan fingerprint density at radius 3 is 1.52 bits per heavy atom. The molecule has 0 N–H and O–H groups in total. The van der Waals surface area contributed by atoms with Crippen LogP contribution in [-0.4, -0.2) is 60.0 Å². The lowest BCUT2D eigenvalue weighted by Gasteiger charge is -2.42. The lowest BCUT2D eigenvalue weighted by Crippen LogP contribution is -2.52. The van der Waals surface area contributed by atoms with E-state index in [9.17, 15) is 0 Å². The molecule has 0 saturated carbocycles. The maximum atomic E-state index is 2.75. The third-order valence-corrected chi connectivity index (χ3v) is 5.98. The van der Waals surface area contributed by atoms with Gasteiger partial charge in [0.05, 0.1) is 0 Å². The Labute approximate surface area is 170 Å². The molecule has 2 heterocycles. The molecule has 27 heavy (non-hydrogen) atoms. The minimum absolute atomic E-state index is 0. The van der Waals surface area contributed by atoms with Gasteiger partial charge in [0.1, 0.15) is 0 Å². The normalized spacial score (nSPS) is 20.3. The van der Waals surface area contributed by atoms with Crippen LogP contribution in [0.1, 0.15) is 24.0 Å². The number of halogens is 1. The number of hydrogen-bond donors (Lipinski definition) is 0. The van der Waals surface area contributed by atoms with Gasteiger partial charge in [0.15, 0.2) is 0 Å². The van der Waals surface area contributed by atoms with E-state index in [1.165, 1.54) is 63.2 Å². The summed E-state index contributed by atoms with van der Waals surface area (Å²) in [7, 11) is 0. The van der Waals surface area contributed by atoms with Crippen molar-refractivity contribution in [3.63, 3.8) is 0 Å². The minimum atomic E-state index is 0. The molecule has 146 valence electrons. The van der Waals surface area contributed by atoms with Gasteiger partial charge in [-0.15, -0.1) is 12.4 Å². The first-order valence-corrected chi connectivity index (χ1v) is 10.1. The van der Waals surface area contributed by atoms with E-state index in [0.29, 0.717) is 0 Å². The first kappa shape index (κ1) is 20.3. The smallest absolute Gasteiger partial charge is 0.0234 e. The van der Waals surface area contributed by atoms with Crippen molar-refractivity contribution < 1.29 is 0 Å². The van der Waals surface area contributed by atoms with E-state index >= 15 is 0 Å². The molecule has 0 spiro atoms. The summed E-state index contributed by atoms with van der Waals surface area (Å²) in [6.45, 7) is 9.57. The van der Waals surface area contributed by atoms with Gasteiger partial charge in [-0.2, -0.15) is 0 Å². The van der Waals surface area contributed by atoms with Gasteiger partial charge in [-0.3, -0.25) is 14.7 Å². The Bertz CT molecular complexity index is 588. The van der Waals surface area contributed by atoms with Crippen LogP contribution in [0.4, 0.5) is 0 Å². The number of benzene rings is 2. The molecule has 4 heteroatoms. The van der Waals surface area contributed by atoms with Crippen molar-refractivity contribution in [3.05, 3.63) is 71.8 Å². The molecule has 2 fully saturated rings. The summed E-state index contributed by atoms with van der Waals surface area (Å²) in [5.74, 6) is 0. The predicted octanol–water partition coefficient (Wildman–Crippen LogP) is 3.89. The topological polar surface area (TPSA) is 9.72 Å². The lowest BCUT2D eigenvalue weighted by atomic mass is 10.0. The second-order valence-electron chi connectivity index (χ2n) is 7.79. The van der Waals surface area contributed by atoms with Gasteiger partial charge in [0, 0.05) is 45.3 Å². The molecule has 2 aliphatic heterocycles. The van der Waals surface area contributed by atoms with Crippen LogP contribution >= 0.6 is 12.4 Å². The lowest BCUT2D eigenvalue weighted by molar-refractivity contribution is 0.0550. The van der Waals surface area contributed by atoms with Crippen LogP contribution in [-0.2, 0) is 13.1 Å². The second-order valence-corrected chi connectivity index (χ2v) is 7.79. The van der Waals surface area contributed by atoms with Crippen LogP contribution in [0.15, 0.2) is 60.7 Å². The van der Waals surface area contributed by atoms with Crippen molar-refractivity contribution in [1.29, 1.82) is 0 Å². The molecule has 2 saturated heterocycles. The summed E-state index contributed by atoms with van der Waals surface area (Å²) in [6, 6.07) is 22.6. The number of piperidine rings is 1. The van der Waals surface area contributed by atoms with E-state index < -0.39 is 0 Å². The largest absolute Gasteiger partial charge is 0.299 e. The number of hydrogen-bond acceptors (Lipinski definition) is 3. The standard InChI is InChI=1S/C23H31N3.ClH/c1-3-7-21(8-4-1)19-24-13-11-23(12-14-24)26-17-15-25(16-18-26)20-22-9-5-2-6-10-22;/h1-10,23H,11-20H2;1H. The Hall–Kier alpha value is -1.39. The molecule has 4 rings (SSSR count). The van der Waals surface area contributed by atoms with Crippen LogP contribution in [0.25, 0.3) is 0 Å². The predicted molar refractivity (Wildman–Crippen MR) is 115 cm³/mol. The van der Waals surface area contributed by atoms with Crippen molar-refractivity contribution in [3.8, 4) is 0 Å². The molecule has 3 nitrogen and oxygen atoms in total. The average molecular weight is 386 g/mol. The SMILES string of the molecule is Cl.c1ccc(CN2CCC(N3CCN(Cc4ccccc4)CC3)CC2)cc1. The molecule has 2 aromatic rings. The van der Waals surface area contributed by atoms with Gasteiger partial charge in [-0.25, -0.2) is 0 Å². The van der Waals surface area contributed by atoms with Crippen molar-refractivity contribution >= 4 is 12.4 Å². The second kappa shape index (κ2) is 10.2. The Kier molecular flexibility index (Phi) is 7.71. The fourth-order valence-electron chi connectivity index (χ4n) is 4.41. The molecular weight excluding hydrogens is 354 g/mol. The van der Waals surface area contributed by atoms with Crippen molar-refractivity contribution in [2.24, 2.45) is 0 Å². The van der Waals surface area contributed by atoms with Gasteiger partial charge in [0.2, 0.25) is 0 Å². The summed E-state index contributed by atoms with van der Waals surface area (Å²) >= 11 is 0. The third kappa shape index (κ3) is 5.79. The van der Waals surface area contributed by atoms with E-state index in [2.05, 4.69) is 75.4 Å². The zero-order valence-electron chi connectivity index (χ0n) is 16.2. The van der Waals surface area contributed by atoms with Crippen LogP contribution in [0.5, 0.6) is 0 Å². The fraction of sp³-hybridized carbons (Fsp3) is 0.478. The zero-order chi connectivity index (χ0) is 17.6. The van der Waals surface area contributed by atoms with E-state index in [4.69, 9.17) is 0 Å². The van der Waals surface area contributed by atoms with Crippen LogP contribution in [0.3, 0.4) is 0 Å². The molecule has 2 aromatic carbocycles. The monoisotopic (exact) mass is 385 g/mol. The summed E-state index contributed by atoms with van der Waals surface area (Å²) in [4.78, 5) is 7.98. The molecular formula is C23H32ClN3. The van der Waals surface area contributed by atoms with Gasteiger partial charge in [-0.1, -0.05) is 60.7 Å². The highest BCUT2D eigenvalue weighted by atomic mass is 35.5. The minimum Gasteiger partial charge on any atom is -0.299 e. The van der Waals surface area contributed by atoms with Gasteiger partial charge in [0.25, 0.3) is 0 Å². The molecule has 0 unspecified atom stereocenters. The third-order valence-electron chi connectivity index (χ3n) is 5.98. The van der Waals surface area contributed by atoms with Crippen LogP contribution in [0, 0.1) is 0 Å². The quantitative estimate of drug-likeness (QED) is 0.773. The van der Waals surface area contributed by atoms with E-state index in [1.807, 2.05) is 0 Å². The fourth-order valence-corrected chi connectivity index (χ4v) is 4.41. The molecule has 0 bridgehead atoms. The summed E-state index contributed by atoms with van der Waals surface area (Å²) in [5, 5.41) is 0. The van der Waals surface area contributed by atoms with Crippen molar-refractivity contribution in [2.75, 3.05) is 39.3 Å². The summed E-state index contributed by atoms with van der Waals surface area (Å²) in [6.07, 6.45) is 2.65. The highest BCUT2D eigenvalue weighted by Gasteiger charge is 2.27. The summed E-state index contributed by atoms with van der Waals surface area (Å²) in [5.41, 5.74) is 2.88. The zero-order valence-corrected chi connectivity index (χ0v) is 17.0. The maximum absolute atomic E-state index is 2.75. The van der Waals surface area contributed by atoms with Gasteiger partial charge < -0.3 is 0 Å². The summed E-state index contributed by atoms with van der Waals surface area (Å²) < 4.78 is 0. The number of likely N-dealkylation sites (tertiary alicyclic amines) is 1. The first-order chi connectivity index (χ1) is 12.9.